The molecule has 0 fully saturated rings. The van der Waals surface area contributed by atoms with Gasteiger partial charge in [0.2, 0.25) is 0 Å². The van der Waals surface area contributed by atoms with Gasteiger partial charge in [-0.25, -0.2) is 9.78 Å². The Labute approximate surface area is 126 Å². The van der Waals surface area contributed by atoms with E-state index in [4.69, 9.17) is 5.11 Å². The lowest BCUT2D eigenvalue weighted by molar-refractivity contribution is 0.0690. The van der Waals surface area contributed by atoms with Crippen LogP contribution in [0.3, 0.4) is 0 Å². The molecule has 0 aliphatic carbocycles. The molecular formula is C15H14N2O3S. The molecule has 5 nitrogen and oxygen atoms in total. The predicted molar refractivity (Wildman–Crippen MR) is 82.8 cm³/mol. The first-order valence-electron chi connectivity index (χ1n) is 6.19. The summed E-state index contributed by atoms with van der Waals surface area (Å²) in [5.41, 5.74) is 1.54. The van der Waals surface area contributed by atoms with Crippen LogP contribution in [0.2, 0.25) is 0 Å². The normalized spacial score (nSPS) is 10.1. The van der Waals surface area contributed by atoms with Crippen molar-refractivity contribution in [1.29, 1.82) is 0 Å². The number of nitrogens with zero attached hydrogens (tertiary/aromatic N) is 1. The number of aromatic carboxylic acids is 1. The number of thioether (sulfide) groups is 1. The van der Waals surface area contributed by atoms with Crippen LogP contribution in [-0.4, -0.2) is 28.2 Å². The number of amides is 1. The number of anilines is 1. The van der Waals surface area contributed by atoms with E-state index in [-0.39, 0.29) is 17.4 Å². The third-order valence-electron chi connectivity index (χ3n) is 2.74. The summed E-state index contributed by atoms with van der Waals surface area (Å²) in [7, 11) is 0. The zero-order chi connectivity index (χ0) is 15.2. The standard InChI is InChI=1S/C15H14N2O3S/c1-21-9-10-5-7-11(8-6-10)14(18)17-13-4-2-3-12(16-13)15(19)20/h2-8H,9H2,1H3,(H,19,20)(H,16,17,18). The van der Waals surface area contributed by atoms with Crippen molar-refractivity contribution in [2.75, 3.05) is 11.6 Å². The minimum absolute atomic E-state index is 0.108. The monoisotopic (exact) mass is 302 g/mol. The van der Waals surface area contributed by atoms with E-state index in [0.29, 0.717) is 5.56 Å². The number of rotatable bonds is 5. The van der Waals surface area contributed by atoms with Crippen LogP contribution in [0.25, 0.3) is 0 Å². The largest absolute Gasteiger partial charge is 0.477 e. The van der Waals surface area contributed by atoms with Gasteiger partial charge in [-0.2, -0.15) is 11.8 Å². The van der Waals surface area contributed by atoms with E-state index in [9.17, 15) is 9.59 Å². The highest BCUT2D eigenvalue weighted by Gasteiger charge is 2.09. The van der Waals surface area contributed by atoms with E-state index in [2.05, 4.69) is 10.3 Å². The number of carboxylic acids is 1. The molecule has 1 amide bonds. The molecule has 108 valence electrons. The van der Waals surface area contributed by atoms with E-state index in [1.165, 1.54) is 12.1 Å². The van der Waals surface area contributed by atoms with Crippen LogP contribution in [0.1, 0.15) is 26.4 Å². The third kappa shape index (κ3) is 4.06. The summed E-state index contributed by atoms with van der Waals surface area (Å²) >= 11 is 1.71. The van der Waals surface area contributed by atoms with Crippen molar-refractivity contribution in [1.82, 2.24) is 4.98 Å². The van der Waals surface area contributed by atoms with Crippen molar-refractivity contribution in [3.63, 3.8) is 0 Å². The van der Waals surface area contributed by atoms with Gasteiger partial charge in [0.15, 0.2) is 5.69 Å². The van der Waals surface area contributed by atoms with Gasteiger partial charge in [0, 0.05) is 11.3 Å². The number of benzene rings is 1. The second kappa shape index (κ2) is 6.90. The van der Waals surface area contributed by atoms with Gasteiger partial charge in [0.05, 0.1) is 0 Å². The van der Waals surface area contributed by atoms with Crippen LogP contribution in [0.4, 0.5) is 5.82 Å². The fourth-order valence-corrected chi connectivity index (χ4v) is 2.26. The molecule has 0 spiro atoms. The van der Waals surface area contributed by atoms with Crippen LogP contribution in [0.15, 0.2) is 42.5 Å². The van der Waals surface area contributed by atoms with Gasteiger partial charge < -0.3 is 10.4 Å². The van der Waals surface area contributed by atoms with Crippen molar-refractivity contribution in [2.45, 2.75) is 5.75 Å². The van der Waals surface area contributed by atoms with Gasteiger partial charge in [-0.15, -0.1) is 0 Å². The first kappa shape index (κ1) is 15.1. The van der Waals surface area contributed by atoms with Gasteiger partial charge >= 0.3 is 5.97 Å². The van der Waals surface area contributed by atoms with Crippen LogP contribution >= 0.6 is 11.8 Å². The second-order valence-electron chi connectivity index (χ2n) is 4.30. The molecule has 0 saturated carbocycles. The Balaban J connectivity index is 2.10. The number of pyridine rings is 1. The second-order valence-corrected chi connectivity index (χ2v) is 5.16. The highest BCUT2D eigenvalue weighted by molar-refractivity contribution is 7.97. The molecule has 0 radical (unpaired) electrons. The van der Waals surface area contributed by atoms with Crippen LogP contribution in [0.5, 0.6) is 0 Å². The van der Waals surface area contributed by atoms with Gasteiger partial charge in [0.1, 0.15) is 5.82 Å². The molecule has 0 aliphatic heterocycles. The van der Waals surface area contributed by atoms with Crippen molar-refractivity contribution < 1.29 is 14.7 Å². The Morgan fingerprint density at radius 1 is 1.19 bits per heavy atom. The number of hydrogen-bond acceptors (Lipinski definition) is 4. The summed E-state index contributed by atoms with van der Waals surface area (Å²) in [6.45, 7) is 0. The molecule has 0 unspecified atom stereocenters. The van der Waals surface area contributed by atoms with Crippen molar-refractivity contribution in [3.05, 3.63) is 59.3 Å². The summed E-state index contributed by atoms with van der Waals surface area (Å²) < 4.78 is 0. The molecular weight excluding hydrogens is 288 g/mol. The molecule has 6 heteroatoms. The van der Waals surface area contributed by atoms with Crippen molar-refractivity contribution >= 4 is 29.5 Å². The Bertz CT molecular complexity index is 656. The number of hydrogen-bond donors (Lipinski definition) is 2. The number of aromatic nitrogens is 1. The summed E-state index contributed by atoms with van der Waals surface area (Å²) in [5, 5.41) is 11.5. The summed E-state index contributed by atoms with van der Waals surface area (Å²) in [6.07, 6.45) is 2.02. The van der Waals surface area contributed by atoms with E-state index < -0.39 is 5.97 Å². The summed E-state index contributed by atoms with van der Waals surface area (Å²) in [6, 6.07) is 11.7. The van der Waals surface area contributed by atoms with E-state index >= 15 is 0 Å². The minimum Gasteiger partial charge on any atom is -0.477 e. The molecule has 1 aromatic carbocycles. The SMILES string of the molecule is CSCc1ccc(C(=O)Nc2cccc(C(=O)O)n2)cc1. The number of carboxylic acid groups (broad SMARTS) is 1. The molecule has 0 aliphatic rings. The Kier molecular flexibility index (Phi) is 4.94. The Morgan fingerprint density at radius 3 is 2.52 bits per heavy atom. The first-order chi connectivity index (χ1) is 10.1. The predicted octanol–water partition coefficient (Wildman–Crippen LogP) is 2.90. The van der Waals surface area contributed by atoms with E-state index in [1.807, 2.05) is 18.4 Å². The lowest BCUT2D eigenvalue weighted by Gasteiger charge is -2.06. The summed E-state index contributed by atoms with van der Waals surface area (Å²) in [5.74, 6) is -0.342. The van der Waals surface area contributed by atoms with Crippen LogP contribution in [-0.2, 0) is 5.75 Å². The van der Waals surface area contributed by atoms with Crippen LogP contribution in [0, 0.1) is 0 Å². The number of carbonyl (C=O) groups excluding carboxylic acids is 1. The number of carbonyl (C=O) groups is 2. The minimum atomic E-state index is -1.13. The number of nitrogens with one attached hydrogen (secondary N) is 1. The molecule has 0 bridgehead atoms. The van der Waals surface area contributed by atoms with Crippen molar-refractivity contribution in [2.24, 2.45) is 0 Å². The fourth-order valence-electron chi connectivity index (χ4n) is 1.73. The molecule has 1 heterocycles. The average molecular weight is 302 g/mol. The summed E-state index contributed by atoms with van der Waals surface area (Å²) in [4.78, 5) is 26.7. The molecule has 0 saturated heterocycles. The highest BCUT2D eigenvalue weighted by Crippen LogP contribution is 2.12. The maximum absolute atomic E-state index is 12.1. The molecule has 21 heavy (non-hydrogen) atoms. The van der Waals surface area contributed by atoms with Crippen LogP contribution < -0.4 is 5.32 Å². The molecule has 1 aromatic heterocycles. The van der Waals surface area contributed by atoms with Gasteiger partial charge in [-0.1, -0.05) is 18.2 Å². The first-order valence-corrected chi connectivity index (χ1v) is 7.59. The van der Waals surface area contributed by atoms with Crippen molar-refractivity contribution in [3.8, 4) is 0 Å². The topological polar surface area (TPSA) is 79.3 Å². The average Bonchev–Trinajstić information content (AvgIpc) is 2.48. The molecule has 2 N–H and O–H groups in total. The zero-order valence-electron chi connectivity index (χ0n) is 11.4. The lowest BCUT2D eigenvalue weighted by Crippen LogP contribution is -2.14. The molecule has 2 aromatic rings. The Hall–Kier alpha value is -2.34. The van der Waals surface area contributed by atoms with E-state index in [0.717, 1.165) is 11.3 Å². The van der Waals surface area contributed by atoms with Gasteiger partial charge in [-0.05, 0) is 36.1 Å². The lowest BCUT2D eigenvalue weighted by atomic mass is 10.1. The third-order valence-corrected chi connectivity index (χ3v) is 3.36. The molecule has 0 atom stereocenters. The quantitative estimate of drug-likeness (QED) is 0.887. The molecule has 2 rings (SSSR count). The van der Waals surface area contributed by atoms with E-state index in [1.54, 1.807) is 30.0 Å². The Morgan fingerprint density at radius 2 is 1.90 bits per heavy atom. The maximum atomic E-state index is 12.1. The highest BCUT2D eigenvalue weighted by atomic mass is 32.2. The van der Waals surface area contributed by atoms with Gasteiger partial charge in [-0.3, -0.25) is 4.79 Å². The fraction of sp³-hybridized carbons (Fsp3) is 0.133. The van der Waals surface area contributed by atoms with Gasteiger partial charge in [0.25, 0.3) is 5.91 Å². The smallest absolute Gasteiger partial charge is 0.354 e. The zero-order valence-corrected chi connectivity index (χ0v) is 12.2. The maximum Gasteiger partial charge on any atom is 0.354 e.